The monoisotopic (exact) mass is 288 g/mol. The molecule has 1 radical (unpaired) electrons. The van der Waals surface area contributed by atoms with Crippen LogP contribution in [0.2, 0.25) is 0 Å². The second kappa shape index (κ2) is 10.1. The highest BCUT2D eigenvalue weighted by Crippen LogP contribution is 2.32. The van der Waals surface area contributed by atoms with Crippen LogP contribution < -0.4 is 5.32 Å². The van der Waals surface area contributed by atoms with Crippen LogP contribution in [0, 0.1) is 0 Å². The highest BCUT2D eigenvalue weighted by Gasteiger charge is 2.19. The molecule has 0 saturated carbocycles. The molecule has 0 unspecified atom stereocenters. The van der Waals surface area contributed by atoms with Crippen LogP contribution in [-0.4, -0.2) is 0 Å². The zero-order valence-electron chi connectivity index (χ0n) is 14.1. The quantitative estimate of drug-likeness (QED) is 0.379. The molecule has 0 N–H and O–H groups in total. The maximum atomic E-state index is 4.83. The van der Waals surface area contributed by atoms with Gasteiger partial charge in [0, 0.05) is 11.4 Å². The van der Waals surface area contributed by atoms with Gasteiger partial charge in [0.15, 0.2) is 0 Å². The molecule has 1 aliphatic carbocycles. The van der Waals surface area contributed by atoms with Gasteiger partial charge in [0.2, 0.25) is 0 Å². The second-order valence-corrected chi connectivity index (χ2v) is 6.86. The summed E-state index contributed by atoms with van der Waals surface area (Å²) >= 11 is 0. The molecule has 1 nitrogen and oxygen atoms in total. The topological polar surface area (TPSA) is 14.1 Å². The molecule has 1 heterocycles. The predicted molar refractivity (Wildman–Crippen MR) is 92.2 cm³/mol. The molecule has 0 fully saturated rings. The van der Waals surface area contributed by atoms with E-state index in [2.05, 4.69) is 13.0 Å². The normalized spacial score (nSPS) is 17.7. The summed E-state index contributed by atoms with van der Waals surface area (Å²) in [5.41, 5.74) is 4.35. The van der Waals surface area contributed by atoms with E-state index in [1.54, 1.807) is 5.57 Å². The van der Waals surface area contributed by atoms with Crippen molar-refractivity contribution in [3.63, 3.8) is 0 Å². The fourth-order valence-electron chi connectivity index (χ4n) is 3.52. The first-order valence-electron chi connectivity index (χ1n) is 9.54. The summed E-state index contributed by atoms with van der Waals surface area (Å²) < 4.78 is 0. The highest BCUT2D eigenvalue weighted by atomic mass is 14.9. The summed E-state index contributed by atoms with van der Waals surface area (Å²) in [6.07, 6.45) is 23.0. The van der Waals surface area contributed by atoms with Crippen molar-refractivity contribution >= 4 is 0 Å². The van der Waals surface area contributed by atoms with Gasteiger partial charge in [-0.15, -0.1) is 0 Å². The summed E-state index contributed by atoms with van der Waals surface area (Å²) in [6, 6.07) is 0. The molecule has 0 amide bonds. The van der Waals surface area contributed by atoms with Crippen molar-refractivity contribution in [1.29, 1.82) is 0 Å². The average molecular weight is 288 g/mol. The highest BCUT2D eigenvalue weighted by molar-refractivity contribution is 5.37. The Labute approximate surface area is 132 Å². The van der Waals surface area contributed by atoms with E-state index < -0.39 is 0 Å². The van der Waals surface area contributed by atoms with Gasteiger partial charge in [0.05, 0.1) is 0 Å². The Morgan fingerprint density at radius 3 is 2.10 bits per heavy atom. The van der Waals surface area contributed by atoms with Crippen LogP contribution in [-0.2, 0) is 0 Å². The third-order valence-electron chi connectivity index (χ3n) is 4.89. The molecule has 1 aliphatic heterocycles. The molecule has 2 aliphatic rings. The fraction of sp³-hybridized carbons (Fsp3) is 0.800. The van der Waals surface area contributed by atoms with E-state index in [1.165, 1.54) is 108 Å². The summed E-state index contributed by atoms with van der Waals surface area (Å²) in [6.45, 7) is 2.29. The number of unbranched alkanes of at least 4 members (excludes halogenated alkanes) is 9. The van der Waals surface area contributed by atoms with Crippen molar-refractivity contribution < 1.29 is 0 Å². The zero-order chi connectivity index (χ0) is 14.8. The first-order valence-corrected chi connectivity index (χ1v) is 9.54. The lowest BCUT2D eigenvalue weighted by atomic mass is 9.98. The minimum Gasteiger partial charge on any atom is -0.258 e. The molecule has 2 rings (SSSR count). The number of rotatable bonds is 11. The molecule has 0 atom stereocenters. The van der Waals surface area contributed by atoms with E-state index in [0.717, 1.165) is 0 Å². The Hall–Kier alpha value is -0.720. The van der Waals surface area contributed by atoms with Gasteiger partial charge < -0.3 is 0 Å². The van der Waals surface area contributed by atoms with Crippen LogP contribution in [0.25, 0.3) is 0 Å². The Morgan fingerprint density at radius 1 is 0.810 bits per heavy atom. The fourth-order valence-corrected chi connectivity index (χ4v) is 3.52. The van der Waals surface area contributed by atoms with E-state index in [0.29, 0.717) is 0 Å². The summed E-state index contributed by atoms with van der Waals surface area (Å²) in [5.74, 6) is 0. The standard InChI is InChI=1S/C20H34N/c1-2-3-4-5-6-7-8-9-10-11-15-19-17-18-14-12-13-16-20(18)21-19/h17H,2-16H2,1H3. The van der Waals surface area contributed by atoms with Gasteiger partial charge in [-0.05, 0) is 50.2 Å². The van der Waals surface area contributed by atoms with E-state index in [4.69, 9.17) is 5.32 Å². The molecule has 0 aromatic carbocycles. The van der Waals surface area contributed by atoms with Crippen LogP contribution in [0.3, 0.4) is 0 Å². The minimum absolute atomic E-state index is 1.21. The van der Waals surface area contributed by atoms with Crippen molar-refractivity contribution in [2.45, 2.75) is 103 Å². The second-order valence-electron chi connectivity index (χ2n) is 6.86. The lowest BCUT2D eigenvalue weighted by Crippen LogP contribution is -2.03. The van der Waals surface area contributed by atoms with E-state index in [1.807, 2.05) is 0 Å². The smallest absolute Gasteiger partial charge is 0.0439 e. The zero-order valence-corrected chi connectivity index (χ0v) is 14.1. The Kier molecular flexibility index (Phi) is 7.99. The molecule has 0 aromatic heterocycles. The number of hydrogen-bond donors (Lipinski definition) is 0. The molecule has 0 bridgehead atoms. The third-order valence-corrected chi connectivity index (χ3v) is 4.89. The molecule has 21 heavy (non-hydrogen) atoms. The van der Waals surface area contributed by atoms with Gasteiger partial charge in [0.25, 0.3) is 0 Å². The largest absolute Gasteiger partial charge is 0.258 e. The van der Waals surface area contributed by atoms with Gasteiger partial charge in [-0.25, -0.2) is 0 Å². The molecular formula is C20H34N. The Morgan fingerprint density at radius 2 is 1.43 bits per heavy atom. The summed E-state index contributed by atoms with van der Waals surface area (Å²) in [7, 11) is 0. The SMILES string of the molecule is CCCCCCCCCCCCC1=CC2=C(CCCC2)[N]1. The van der Waals surface area contributed by atoms with Gasteiger partial charge in [0.1, 0.15) is 0 Å². The van der Waals surface area contributed by atoms with Crippen LogP contribution in [0.5, 0.6) is 0 Å². The molecule has 0 saturated heterocycles. The lowest BCUT2D eigenvalue weighted by molar-refractivity contribution is 0.553. The number of allylic oxidation sites excluding steroid dienone is 4. The van der Waals surface area contributed by atoms with Gasteiger partial charge in [-0.2, -0.15) is 0 Å². The van der Waals surface area contributed by atoms with Crippen molar-refractivity contribution in [2.75, 3.05) is 0 Å². The van der Waals surface area contributed by atoms with Crippen molar-refractivity contribution in [3.8, 4) is 0 Å². The van der Waals surface area contributed by atoms with Gasteiger partial charge in [-0.3, -0.25) is 5.32 Å². The lowest BCUT2D eigenvalue weighted by Gasteiger charge is -2.11. The minimum atomic E-state index is 1.21. The van der Waals surface area contributed by atoms with E-state index >= 15 is 0 Å². The maximum Gasteiger partial charge on any atom is 0.0439 e. The molecular weight excluding hydrogens is 254 g/mol. The van der Waals surface area contributed by atoms with E-state index in [9.17, 15) is 0 Å². The maximum absolute atomic E-state index is 4.83. The van der Waals surface area contributed by atoms with Crippen LogP contribution in [0.1, 0.15) is 103 Å². The first-order chi connectivity index (χ1) is 10.4. The summed E-state index contributed by atoms with van der Waals surface area (Å²) in [4.78, 5) is 0. The van der Waals surface area contributed by atoms with Gasteiger partial charge in [-0.1, -0.05) is 64.7 Å². The van der Waals surface area contributed by atoms with Crippen LogP contribution in [0.4, 0.5) is 0 Å². The summed E-state index contributed by atoms with van der Waals surface area (Å²) in [5, 5.41) is 4.83. The van der Waals surface area contributed by atoms with Crippen molar-refractivity contribution in [3.05, 3.63) is 23.0 Å². The molecule has 0 spiro atoms. The first kappa shape index (κ1) is 16.6. The van der Waals surface area contributed by atoms with Crippen LogP contribution >= 0.6 is 0 Å². The Bertz CT molecular complexity index is 351. The van der Waals surface area contributed by atoms with Crippen molar-refractivity contribution in [2.24, 2.45) is 0 Å². The molecule has 0 aromatic rings. The average Bonchev–Trinajstić information content (AvgIpc) is 2.92. The third kappa shape index (κ3) is 6.28. The number of hydrogen-bond acceptors (Lipinski definition) is 0. The van der Waals surface area contributed by atoms with Gasteiger partial charge >= 0.3 is 0 Å². The van der Waals surface area contributed by atoms with Crippen LogP contribution in [0.15, 0.2) is 23.0 Å². The number of nitrogens with zero attached hydrogens (tertiary/aromatic N) is 1. The predicted octanol–water partition coefficient (Wildman–Crippen LogP) is 6.63. The Balaban J connectivity index is 1.41. The van der Waals surface area contributed by atoms with Crippen molar-refractivity contribution in [1.82, 2.24) is 5.32 Å². The molecule has 119 valence electrons. The van der Waals surface area contributed by atoms with E-state index in [-0.39, 0.29) is 0 Å². The molecule has 1 heteroatoms.